The Morgan fingerprint density at radius 3 is 2.48 bits per heavy atom. The molecular weight excluding hydrogens is 443 g/mol. The van der Waals surface area contributed by atoms with E-state index in [4.69, 9.17) is 4.74 Å². The number of alkyl halides is 3. The monoisotopic (exact) mass is 456 g/mol. The van der Waals surface area contributed by atoms with Crippen LogP contribution in [0.1, 0.15) is 28.5 Å². The molecule has 1 aromatic heterocycles. The first-order chi connectivity index (χ1) is 14.6. The zero-order valence-electron chi connectivity index (χ0n) is 15.7. The van der Waals surface area contributed by atoms with E-state index in [0.29, 0.717) is 6.07 Å². The molecule has 0 N–H and O–H groups in total. The van der Waals surface area contributed by atoms with Crippen LogP contribution < -0.4 is 4.90 Å². The maximum atomic E-state index is 13.2. The van der Waals surface area contributed by atoms with E-state index in [1.54, 1.807) is 0 Å². The largest absolute Gasteiger partial charge is 0.456 e. The van der Waals surface area contributed by atoms with Gasteiger partial charge in [-0.05, 0) is 36.4 Å². The van der Waals surface area contributed by atoms with Gasteiger partial charge in [0, 0.05) is 12.3 Å². The molecular formula is C20H13F5N2O3S. The molecule has 0 aliphatic carbocycles. The molecule has 0 aliphatic heterocycles. The summed E-state index contributed by atoms with van der Waals surface area (Å²) in [6, 6.07) is 6.74. The van der Waals surface area contributed by atoms with Gasteiger partial charge >= 0.3 is 12.1 Å². The van der Waals surface area contributed by atoms with Crippen LogP contribution in [-0.2, 0) is 22.3 Å². The molecule has 1 amide bonds. The Morgan fingerprint density at radius 1 is 1.10 bits per heavy atom. The number of rotatable bonds is 5. The smallest absolute Gasteiger partial charge is 0.416 e. The van der Waals surface area contributed by atoms with E-state index < -0.39 is 35.3 Å². The molecule has 3 rings (SSSR count). The Morgan fingerprint density at radius 2 is 1.84 bits per heavy atom. The predicted octanol–water partition coefficient (Wildman–Crippen LogP) is 5.48. The van der Waals surface area contributed by atoms with Crippen molar-refractivity contribution in [2.24, 2.45) is 0 Å². The van der Waals surface area contributed by atoms with Crippen LogP contribution in [0.15, 0.2) is 47.8 Å². The van der Waals surface area contributed by atoms with Crippen LogP contribution in [0.25, 0.3) is 0 Å². The van der Waals surface area contributed by atoms with Gasteiger partial charge in [-0.2, -0.15) is 13.2 Å². The van der Waals surface area contributed by atoms with Gasteiger partial charge in [0.2, 0.25) is 5.91 Å². The Kier molecular flexibility index (Phi) is 6.34. The number of benzene rings is 2. The fourth-order valence-corrected chi connectivity index (χ4v) is 3.43. The van der Waals surface area contributed by atoms with Crippen LogP contribution in [0.2, 0.25) is 0 Å². The van der Waals surface area contributed by atoms with Gasteiger partial charge in [0.25, 0.3) is 0 Å². The summed E-state index contributed by atoms with van der Waals surface area (Å²) in [6.45, 7) is 0.826. The van der Waals surface area contributed by atoms with Crippen LogP contribution in [0.5, 0.6) is 0 Å². The van der Waals surface area contributed by atoms with Crippen molar-refractivity contribution in [1.29, 1.82) is 0 Å². The summed E-state index contributed by atoms with van der Waals surface area (Å²) >= 11 is 0.958. The fourth-order valence-electron chi connectivity index (χ4n) is 2.56. The van der Waals surface area contributed by atoms with Gasteiger partial charge in [0.1, 0.15) is 6.61 Å². The lowest BCUT2D eigenvalue weighted by atomic mass is 10.2. The van der Waals surface area contributed by atoms with Crippen molar-refractivity contribution in [1.82, 2.24) is 4.98 Å². The molecule has 0 spiro atoms. The van der Waals surface area contributed by atoms with Gasteiger partial charge in [0.05, 0.1) is 22.5 Å². The zero-order valence-corrected chi connectivity index (χ0v) is 16.6. The standard InChI is InChI=1S/C20H13F5N2O3S/c1-11(28)27(15-4-2-3-13(8-15)20(23,24)25)19-26-14(10-31-19)9-30-18(29)12-5-6-16(21)17(22)7-12/h2-8,10H,9H2,1H3. The first-order valence-electron chi connectivity index (χ1n) is 8.61. The lowest BCUT2D eigenvalue weighted by Crippen LogP contribution is -2.23. The van der Waals surface area contributed by atoms with Crippen molar-refractivity contribution >= 4 is 34.0 Å². The van der Waals surface area contributed by atoms with Crippen molar-refractivity contribution < 1.29 is 36.3 Å². The van der Waals surface area contributed by atoms with Gasteiger partial charge in [-0.1, -0.05) is 6.07 Å². The molecule has 0 bridgehead atoms. The minimum atomic E-state index is -4.58. The molecule has 0 unspecified atom stereocenters. The quantitative estimate of drug-likeness (QED) is 0.377. The third-order valence-corrected chi connectivity index (χ3v) is 4.86. The van der Waals surface area contributed by atoms with E-state index in [1.165, 1.54) is 24.4 Å². The average molecular weight is 456 g/mol. The minimum Gasteiger partial charge on any atom is -0.456 e. The van der Waals surface area contributed by atoms with Crippen LogP contribution in [0.4, 0.5) is 32.8 Å². The number of aromatic nitrogens is 1. The number of ether oxygens (including phenoxy) is 1. The number of carbonyl (C=O) groups excluding carboxylic acids is 2. The number of carbonyl (C=O) groups is 2. The Hall–Kier alpha value is -3.34. The average Bonchev–Trinajstić information content (AvgIpc) is 3.16. The Labute approximate surface area is 176 Å². The molecule has 0 aliphatic rings. The summed E-state index contributed by atoms with van der Waals surface area (Å²) < 4.78 is 70.2. The van der Waals surface area contributed by atoms with Crippen LogP contribution in [-0.4, -0.2) is 16.9 Å². The molecule has 0 saturated heterocycles. The number of esters is 1. The highest BCUT2D eigenvalue weighted by molar-refractivity contribution is 7.14. The summed E-state index contributed by atoms with van der Waals surface area (Å²) in [5.74, 6) is -3.81. The second-order valence-electron chi connectivity index (χ2n) is 6.23. The third-order valence-electron chi connectivity index (χ3n) is 3.98. The van der Waals surface area contributed by atoms with Crippen molar-refractivity contribution in [2.75, 3.05) is 4.90 Å². The van der Waals surface area contributed by atoms with Crippen molar-refractivity contribution in [2.45, 2.75) is 19.7 Å². The number of amides is 1. The van der Waals surface area contributed by atoms with Crippen LogP contribution in [0.3, 0.4) is 0 Å². The molecule has 0 radical (unpaired) electrons. The van der Waals surface area contributed by atoms with E-state index in [0.717, 1.165) is 40.5 Å². The molecule has 5 nitrogen and oxygen atoms in total. The van der Waals surface area contributed by atoms with E-state index in [2.05, 4.69) is 4.98 Å². The summed E-state index contributed by atoms with van der Waals surface area (Å²) in [6.07, 6.45) is -4.58. The van der Waals surface area contributed by atoms with E-state index >= 15 is 0 Å². The number of nitrogens with zero attached hydrogens (tertiary/aromatic N) is 2. The van der Waals surface area contributed by atoms with Crippen molar-refractivity contribution in [3.05, 3.63) is 76.3 Å². The Bertz CT molecular complexity index is 1130. The van der Waals surface area contributed by atoms with E-state index in [9.17, 15) is 31.5 Å². The highest BCUT2D eigenvalue weighted by Crippen LogP contribution is 2.35. The number of hydrogen-bond acceptors (Lipinski definition) is 5. The second-order valence-corrected chi connectivity index (χ2v) is 7.07. The predicted molar refractivity (Wildman–Crippen MR) is 102 cm³/mol. The molecule has 2 aromatic carbocycles. The summed E-state index contributed by atoms with van der Waals surface area (Å²) in [7, 11) is 0. The van der Waals surface area contributed by atoms with Crippen molar-refractivity contribution in [3.8, 4) is 0 Å². The third kappa shape index (κ3) is 5.23. The molecule has 11 heteroatoms. The minimum absolute atomic E-state index is 0.0259. The van der Waals surface area contributed by atoms with Gasteiger partial charge in [0.15, 0.2) is 16.8 Å². The highest BCUT2D eigenvalue weighted by atomic mass is 32.1. The topological polar surface area (TPSA) is 59.5 Å². The molecule has 3 aromatic rings. The van der Waals surface area contributed by atoms with Gasteiger partial charge < -0.3 is 4.74 Å². The van der Waals surface area contributed by atoms with Crippen molar-refractivity contribution in [3.63, 3.8) is 0 Å². The van der Waals surface area contributed by atoms with Gasteiger partial charge in [-0.15, -0.1) is 11.3 Å². The summed E-state index contributed by atoms with van der Waals surface area (Å²) in [4.78, 5) is 29.2. The molecule has 0 fully saturated rings. The lowest BCUT2D eigenvalue weighted by Gasteiger charge is -2.19. The number of anilines is 2. The maximum absolute atomic E-state index is 13.2. The van der Waals surface area contributed by atoms with Gasteiger partial charge in [-0.25, -0.2) is 18.6 Å². The SMILES string of the molecule is CC(=O)N(c1cccc(C(F)(F)F)c1)c1nc(COC(=O)c2ccc(F)c(F)c2)cs1. The van der Waals surface area contributed by atoms with Crippen LogP contribution in [0, 0.1) is 11.6 Å². The molecule has 162 valence electrons. The first-order valence-corrected chi connectivity index (χ1v) is 9.49. The lowest BCUT2D eigenvalue weighted by molar-refractivity contribution is -0.137. The normalized spacial score (nSPS) is 11.3. The molecule has 1 heterocycles. The zero-order chi connectivity index (χ0) is 22.8. The van der Waals surface area contributed by atoms with Gasteiger partial charge in [-0.3, -0.25) is 9.69 Å². The van der Waals surface area contributed by atoms with E-state index in [1.807, 2.05) is 0 Å². The molecule has 0 saturated carbocycles. The number of thiazole rings is 1. The number of hydrogen-bond donors (Lipinski definition) is 0. The Balaban J connectivity index is 1.77. The van der Waals surface area contributed by atoms with E-state index in [-0.39, 0.29) is 28.7 Å². The highest BCUT2D eigenvalue weighted by Gasteiger charge is 2.31. The molecule has 0 atom stereocenters. The summed E-state index contributed by atoms with van der Waals surface area (Å²) in [5, 5.41) is 1.53. The maximum Gasteiger partial charge on any atom is 0.416 e. The fraction of sp³-hybridized carbons (Fsp3) is 0.150. The molecule has 31 heavy (non-hydrogen) atoms. The summed E-state index contributed by atoms with van der Waals surface area (Å²) in [5.41, 5.74) is -0.937. The first kappa shape index (κ1) is 22.3. The second kappa shape index (κ2) is 8.80. The van der Waals surface area contributed by atoms with Crippen LogP contribution >= 0.6 is 11.3 Å². The number of halogens is 5.